The third kappa shape index (κ3) is 5.46. The lowest BCUT2D eigenvalue weighted by Crippen LogP contribution is -2.17. The van der Waals surface area contributed by atoms with Crippen LogP contribution >= 0.6 is 0 Å². The number of rotatable bonds is 7. The van der Waals surface area contributed by atoms with Crippen LogP contribution in [0.25, 0.3) is 6.08 Å². The first-order chi connectivity index (χ1) is 12.0. The molecule has 130 valence electrons. The maximum absolute atomic E-state index is 12.8. The first-order valence-corrected chi connectivity index (χ1v) is 7.78. The third-order valence-corrected chi connectivity index (χ3v) is 3.33. The van der Waals surface area contributed by atoms with Crippen LogP contribution in [0.15, 0.2) is 48.5 Å². The molecule has 0 radical (unpaired) electrons. The highest BCUT2D eigenvalue weighted by atomic mass is 19.1. The second-order valence-corrected chi connectivity index (χ2v) is 5.21. The minimum Gasteiger partial charge on any atom is -0.494 e. The second-order valence-electron chi connectivity index (χ2n) is 5.21. The highest BCUT2D eigenvalue weighted by Gasteiger charge is 2.12. The predicted molar refractivity (Wildman–Crippen MR) is 94.8 cm³/mol. The third-order valence-electron chi connectivity index (χ3n) is 3.33. The molecule has 0 unspecified atom stereocenters. The van der Waals surface area contributed by atoms with Gasteiger partial charge in [-0.3, -0.25) is 9.59 Å². The zero-order chi connectivity index (χ0) is 18.2. The van der Waals surface area contributed by atoms with Crippen molar-refractivity contribution in [3.8, 4) is 5.75 Å². The standard InChI is InChI=1S/C19H19FN2O3/c1-2-25-15-10-11-17(16(12-15)19(21)24)22-18(23)5-3-4-13-6-8-14(20)9-7-13/h3-4,6-12H,2,5H2,1H3,(H2,21,24)(H,22,23)/b4-3+. The Bertz CT molecular complexity index is 786. The summed E-state index contributed by atoms with van der Waals surface area (Å²) in [6, 6.07) is 10.6. The van der Waals surface area contributed by atoms with Gasteiger partial charge in [0.15, 0.2) is 0 Å². The number of hydrogen-bond donors (Lipinski definition) is 2. The summed E-state index contributed by atoms with van der Waals surface area (Å²) in [5, 5.41) is 2.65. The van der Waals surface area contributed by atoms with E-state index in [-0.39, 0.29) is 23.7 Å². The Balaban J connectivity index is 2.02. The highest BCUT2D eigenvalue weighted by Crippen LogP contribution is 2.22. The van der Waals surface area contributed by atoms with E-state index >= 15 is 0 Å². The Morgan fingerprint density at radius 2 is 1.92 bits per heavy atom. The number of nitrogens with two attached hydrogens (primary N) is 1. The molecule has 0 saturated heterocycles. The molecule has 0 atom stereocenters. The lowest BCUT2D eigenvalue weighted by molar-refractivity contribution is -0.115. The zero-order valence-corrected chi connectivity index (χ0v) is 13.8. The van der Waals surface area contributed by atoms with Crippen LogP contribution in [0.2, 0.25) is 0 Å². The van der Waals surface area contributed by atoms with Crippen LogP contribution in [-0.2, 0) is 4.79 Å². The molecule has 0 aliphatic heterocycles. The smallest absolute Gasteiger partial charge is 0.250 e. The molecule has 0 aromatic heterocycles. The van der Waals surface area contributed by atoms with E-state index in [0.29, 0.717) is 18.0 Å². The Labute approximate surface area is 145 Å². The quantitative estimate of drug-likeness (QED) is 0.809. The summed E-state index contributed by atoms with van der Waals surface area (Å²) in [6.07, 6.45) is 3.47. The number of carbonyl (C=O) groups excluding carboxylic acids is 2. The van der Waals surface area contributed by atoms with Gasteiger partial charge in [-0.2, -0.15) is 0 Å². The molecule has 2 aromatic rings. The van der Waals surface area contributed by atoms with Gasteiger partial charge in [-0.05, 0) is 42.8 Å². The molecule has 3 N–H and O–H groups in total. The molecule has 0 spiro atoms. The lowest BCUT2D eigenvalue weighted by atomic mass is 10.1. The van der Waals surface area contributed by atoms with Gasteiger partial charge >= 0.3 is 0 Å². The molecular formula is C19H19FN2O3. The molecule has 0 saturated carbocycles. The Hall–Kier alpha value is -3.15. The molecule has 5 nitrogen and oxygen atoms in total. The van der Waals surface area contributed by atoms with Crippen molar-refractivity contribution in [1.82, 2.24) is 0 Å². The van der Waals surface area contributed by atoms with Gasteiger partial charge in [0.2, 0.25) is 5.91 Å². The number of anilines is 1. The number of ether oxygens (including phenoxy) is 1. The first-order valence-electron chi connectivity index (χ1n) is 7.78. The van der Waals surface area contributed by atoms with Crippen molar-refractivity contribution in [2.75, 3.05) is 11.9 Å². The molecular weight excluding hydrogens is 323 g/mol. The lowest BCUT2D eigenvalue weighted by Gasteiger charge is -2.10. The van der Waals surface area contributed by atoms with Gasteiger partial charge in [0.25, 0.3) is 5.91 Å². The van der Waals surface area contributed by atoms with Gasteiger partial charge in [-0.15, -0.1) is 0 Å². The van der Waals surface area contributed by atoms with Crippen LogP contribution in [-0.4, -0.2) is 18.4 Å². The number of primary amides is 1. The van der Waals surface area contributed by atoms with Crippen LogP contribution in [0.3, 0.4) is 0 Å². The Kier molecular flexibility index (Phi) is 6.28. The van der Waals surface area contributed by atoms with Gasteiger partial charge in [-0.25, -0.2) is 4.39 Å². The number of benzene rings is 2. The summed E-state index contributed by atoms with van der Waals surface area (Å²) in [7, 11) is 0. The van der Waals surface area contributed by atoms with E-state index in [9.17, 15) is 14.0 Å². The van der Waals surface area contributed by atoms with Crippen molar-refractivity contribution in [2.45, 2.75) is 13.3 Å². The average Bonchev–Trinajstić information content (AvgIpc) is 2.58. The van der Waals surface area contributed by atoms with Crippen molar-refractivity contribution in [2.24, 2.45) is 5.73 Å². The van der Waals surface area contributed by atoms with Gasteiger partial charge in [0.1, 0.15) is 11.6 Å². The van der Waals surface area contributed by atoms with Crippen LogP contribution in [0.1, 0.15) is 29.3 Å². The summed E-state index contributed by atoms with van der Waals surface area (Å²) in [5.74, 6) is -0.765. The van der Waals surface area contributed by atoms with Crippen LogP contribution < -0.4 is 15.8 Å². The Morgan fingerprint density at radius 3 is 2.56 bits per heavy atom. The minimum absolute atomic E-state index is 0.1000. The molecule has 0 aliphatic rings. The van der Waals surface area contributed by atoms with E-state index < -0.39 is 5.91 Å². The average molecular weight is 342 g/mol. The number of nitrogens with one attached hydrogen (secondary N) is 1. The minimum atomic E-state index is -0.654. The number of halogens is 1. The molecule has 2 aromatic carbocycles. The molecule has 0 bridgehead atoms. The fourth-order valence-corrected chi connectivity index (χ4v) is 2.17. The second kappa shape index (κ2) is 8.63. The molecule has 2 amide bonds. The SMILES string of the molecule is CCOc1ccc(NC(=O)C/C=C/c2ccc(F)cc2)c(C(N)=O)c1. The van der Waals surface area contributed by atoms with E-state index in [1.165, 1.54) is 18.2 Å². The van der Waals surface area contributed by atoms with Gasteiger partial charge < -0.3 is 15.8 Å². The van der Waals surface area contributed by atoms with Crippen LogP contribution in [0, 0.1) is 5.82 Å². The van der Waals surface area contributed by atoms with Crippen molar-refractivity contribution in [3.05, 3.63) is 65.5 Å². The van der Waals surface area contributed by atoms with Crippen molar-refractivity contribution in [1.29, 1.82) is 0 Å². The summed E-state index contributed by atoms with van der Waals surface area (Å²) in [6.45, 7) is 2.28. The van der Waals surface area contributed by atoms with E-state index in [4.69, 9.17) is 10.5 Å². The normalized spacial score (nSPS) is 10.6. The largest absolute Gasteiger partial charge is 0.494 e. The maximum atomic E-state index is 12.8. The summed E-state index contributed by atoms with van der Waals surface area (Å²) in [4.78, 5) is 23.6. The van der Waals surface area contributed by atoms with Gasteiger partial charge in [0.05, 0.1) is 17.9 Å². The van der Waals surface area contributed by atoms with E-state index in [1.807, 2.05) is 6.92 Å². The number of amides is 2. The first kappa shape index (κ1) is 18.2. The van der Waals surface area contributed by atoms with Crippen molar-refractivity contribution < 1.29 is 18.7 Å². The predicted octanol–water partition coefficient (Wildman–Crippen LogP) is 3.37. The van der Waals surface area contributed by atoms with Crippen LogP contribution in [0.5, 0.6) is 5.75 Å². The van der Waals surface area contributed by atoms with Crippen molar-refractivity contribution in [3.63, 3.8) is 0 Å². The molecule has 25 heavy (non-hydrogen) atoms. The summed E-state index contributed by atoms with van der Waals surface area (Å²) in [5.41, 5.74) is 6.65. The number of hydrogen-bond acceptors (Lipinski definition) is 3. The van der Waals surface area contributed by atoms with E-state index in [2.05, 4.69) is 5.32 Å². The molecule has 0 fully saturated rings. The fraction of sp³-hybridized carbons (Fsp3) is 0.158. The van der Waals surface area contributed by atoms with E-state index in [1.54, 1.807) is 36.4 Å². The summed E-state index contributed by atoms with van der Waals surface area (Å²) < 4.78 is 18.1. The molecule has 0 heterocycles. The number of carbonyl (C=O) groups is 2. The van der Waals surface area contributed by atoms with Gasteiger partial charge in [-0.1, -0.05) is 24.3 Å². The molecule has 2 rings (SSSR count). The van der Waals surface area contributed by atoms with Crippen molar-refractivity contribution >= 4 is 23.6 Å². The monoisotopic (exact) mass is 342 g/mol. The fourth-order valence-electron chi connectivity index (χ4n) is 2.17. The highest BCUT2D eigenvalue weighted by molar-refractivity contribution is 6.03. The maximum Gasteiger partial charge on any atom is 0.250 e. The Morgan fingerprint density at radius 1 is 1.20 bits per heavy atom. The molecule has 6 heteroatoms. The molecule has 0 aliphatic carbocycles. The van der Waals surface area contributed by atoms with Gasteiger partial charge in [0, 0.05) is 6.42 Å². The summed E-state index contributed by atoms with van der Waals surface area (Å²) >= 11 is 0. The van der Waals surface area contributed by atoms with Crippen LogP contribution in [0.4, 0.5) is 10.1 Å². The zero-order valence-electron chi connectivity index (χ0n) is 13.8. The topological polar surface area (TPSA) is 81.4 Å². The van der Waals surface area contributed by atoms with E-state index in [0.717, 1.165) is 5.56 Å².